The van der Waals surface area contributed by atoms with E-state index >= 15 is 0 Å². The Morgan fingerprint density at radius 2 is 2.09 bits per heavy atom. The van der Waals surface area contributed by atoms with Crippen molar-refractivity contribution < 1.29 is 9.18 Å². The van der Waals surface area contributed by atoms with Crippen molar-refractivity contribution in [1.29, 1.82) is 0 Å². The normalized spacial score (nSPS) is 19.2. The molecule has 9 heteroatoms. The zero-order valence-corrected chi connectivity index (χ0v) is 19.5. The average molecular weight is 474 g/mol. The molecule has 2 aromatic heterocycles. The number of carbonyl (C=O) groups excluding carboxylic acids is 1. The number of amides is 1. The Morgan fingerprint density at radius 3 is 2.88 bits per heavy atom. The Morgan fingerprint density at radius 1 is 1.28 bits per heavy atom. The predicted octanol–water partition coefficient (Wildman–Crippen LogP) is 4.50. The summed E-state index contributed by atoms with van der Waals surface area (Å²) in [5.41, 5.74) is 1.95. The number of thiophene rings is 1. The number of likely N-dealkylation sites (N-methyl/N-ethyl adjacent to an activating group) is 1. The van der Waals surface area contributed by atoms with Crippen LogP contribution in [0.4, 0.5) is 15.9 Å². The lowest BCUT2D eigenvalue weighted by atomic mass is 9.85. The van der Waals surface area contributed by atoms with Gasteiger partial charge in [0.15, 0.2) is 0 Å². The number of rotatable bonds is 4. The number of halogens is 2. The van der Waals surface area contributed by atoms with Crippen LogP contribution in [0.2, 0.25) is 5.02 Å². The summed E-state index contributed by atoms with van der Waals surface area (Å²) in [5, 5.41) is 4.38. The number of aryl methyl sites for hydroxylation is 1. The van der Waals surface area contributed by atoms with E-state index < -0.39 is 5.82 Å². The number of aromatic nitrogens is 2. The maximum absolute atomic E-state index is 13.5. The molecule has 3 aromatic rings. The quantitative estimate of drug-likeness (QED) is 0.604. The molecular formula is C23H25ClFN5OS. The molecule has 3 heterocycles. The van der Waals surface area contributed by atoms with Gasteiger partial charge in [-0.05, 0) is 56.0 Å². The van der Waals surface area contributed by atoms with Crippen molar-refractivity contribution in [2.24, 2.45) is 5.92 Å². The van der Waals surface area contributed by atoms with Crippen LogP contribution in [0.5, 0.6) is 0 Å². The fourth-order valence-electron chi connectivity index (χ4n) is 4.59. The molecule has 0 spiro atoms. The highest BCUT2D eigenvalue weighted by Crippen LogP contribution is 2.41. The van der Waals surface area contributed by atoms with Crippen LogP contribution in [-0.4, -0.2) is 58.9 Å². The zero-order valence-electron chi connectivity index (χ0n) is 17.9. The van der Waals surface area contributed by atoms with E-state index in [1.54, 1.807) is 29.8 Å². The first-order valence-electron chi connectivity index (χ1n) is 10.9. The van der Waals surface area contributed by atoms with Gasteiger partial charge in [0.1, 0.15) is 22.8 Å². The molecule has 0 bridgehead atoms. The number of hydrogen-bond acceptors (Lipinski definition) is 6. The molecule has 0 radical (unpaired) electrons. The van der Waals surface area contributed by atoms with Crippen LogP contribution in [0.25, 0.3) is 10.2 Å². The van der Waals surface area contributed by atoms with Crippen LogP contribution in [0.3, 0.4) is 0 Å². The van der Waals surface area contributed by atoms with Gasteiger partial charge in [-0.2, -0.15) is 0 Å². The summed E-state index contributed by atoms with van der Waals surface area (Å²) in [5.74, 6) is 0.906. The van der Waals surface area contributed by atoms with E-state index in [4.69, 9.17) is 11.6 Å². The molecule has 1 N–H and O–H groups in total. The van der Waals surface area contributed by atoms with Gasteiger partial charge < -0.3 is 15.1 Å². The summed E-state index contributed by atoms with van der Waals surface area (Å²) in [6.45, 7) is 3.55. The van der Waals surface area contributed by atoms with Crippen LogP contribution in [-0.2, 0) is 17.6 Å². The maximum atomic E-state index is 13.5. The smallest absolute Gasteiger partial charge is 0.222 e. The third-order valence-electron chi connectivity index (χ3n) is 6.45. The number of nitrogens with zero attached hydrogens (tertiary/aromatic N) is 4. The molecule has 1 atom stereocenters. The lowest BCUT2D eigenvalue weighted by Crippen LogP contribution is -2.47. The first kappa shape index (κ1) is 21.6. The van der Waals surface area contributed by atoms with Crippen molar-refractivity contribution in [3.05, 3.63) is 45.8 Å². The molecule has 5 rings (SSSR count). The van der Waals surface area contributed by atoms with Crippen molar-refractivity contribution in [2.45, 2.75) is 25.7 Å². The van der Waals surface area contributed by atoms with Gasteiger partial charge in [0, 0.05) is 43.2 Å². The monoisotopic (exact) mass is 473 g/mol. The number of fused-ring (bicyclic) bond motifs is 3. The molecular weight excluding hydrogens is 449 g/mol. The summed E-state index contributed by atoms with van der Waals surface area (Å²) in [7, 11) is 2.10. The number of carbonyl (C=O) groups is 1. The van der Waals surface area contributed by atoms with E-state index in [0.29, 0.717) is 23.8 Å². The molecule has 1 aliphatic heterocycles. The fraction of sp³-hybridized carbons (Fsp3) is 0.435. The van der Waals surface area contributed by atoms with Crippen LogP contribution in [0, 0.1) is 11.7 Å². The van der Waals surface area contributed by atoms with E-state index in [1.807, 2.05) is 4.90 Å². The largest absolute Gasteiger partial charge is 0.340 e. The van der Waals surface area contributed by atoms with Gasteiger partial charge in [-0.15, -0.1) is 11.3 Å². The SMILES string of the molecule is CN1CCN(C(=O)CC2CCc3c(sc4ncnc(Nc5ccc(F)c(Cl)c5)c34)C2)CC1. The maximum Gasteiger partial charge on any atom is 0.222 e. The number of nitrogens with one attached hydrogen (secondary N) is 1. The standard InChI is InChI=1S/C23H25ClFN5OS/c1-29-6-8-30(9-7-29)20(31)11-14-2-4-16-19(10-14)32-23-21(16)22(26-13-27-23)28-15-3-5-18(25)17(24)12-15/h3,5,12-14H,2,4,6-11H2,1H3,(H,26,27,28). The Kier molecular flexibility index (Phi) is 6.01. The summed E-state index contributed by atoms with van der Waals surface area (Å²) >= 11 is 7.62. The van der Waals surface area contributed by atoms with E-state index in [9.17, 15) is 9.18 Å². The number of piperazine rings is 1. The minimum Gasteiger partial charge on any atom is -0.340 e. The summed E-state index contributed by atoms with van der Waals surface area (Å²) in [4.78, 5) is 28.3. The molecule has 1 amide bonds. The second-order valence-electron chi connectivity index (χ2n) is 8.66. The van der Waals surface area contributed by atoms with E-state index in [1.165, 1.54) is 16.5 Å². The third-order valence-corrected chi connectivity index (χ3v) is 7.90. The molecule has 6 nitrogen and oxygen atoms in total. The zero-order chi connectivity index (χ0) is 22.2. The van der Waals surface area contributed by atoms with Crippen LogP contribution in [0.15, 0.2) is 24.5 Å². The summed E-state index contributed by atoms with van der Waals surface area (Å²) < 4.78 is 13.5. The molecule has 1 fully saturated rings. The summed E-state index contributed by atoms with van der Waals surface area (Å²) in [6.07, 6.45) is 4.95. The Balaban J connectivity index is 1.34. The van der Waals surface area contributed by atoms with Gasteiger partial charge in [-0.3, -0.25) is 4.79 Å². The van der Waals surface area contributed by atoms with Gasteiger partial charge in [0.2, 0.25) is 5.91 Å². The fourth-order valence-corrected chi connectivity index (χ4v) is 6.07. The molecule has 32 heavy (non-hydrogen) atoms. The van der Waals surface area contributed by atoms with E-state index in [2.05, 4.69) is 27.2 Å². The number of benzene rings is 1. The second kappa shape index (κ2) is 8.92. The minimum absolute atomic E-state index is 0.0699. The lowest BCUT2D eigenvalue weighted by Gasteiger charge is -2.33. The van der Waals surface area contributed by atoms with Gasteiger partial charge in [-0.1, -0.05) is 11.6 Å². The van der Waals surface area contributed by atoms with Crippen molar-refractivity contribution in [3.63, 3.8) is 0 Å². The van der Waals surface area contributed by atoms with E-state index in [0.717, 1.165) is 55.7 Å². The van der Waals surface area contributed by atoms with Crippen LogP contribution < -0.4 is 5.32 Å². The second-order valence-corrected chi connectivity index (χ2v) is 10.1. The first-order valence-corrected chi connectivity index (χ1v) is 12.1. The first-order chi connectivity index (χ1) is 15.5. The highest BCUT2D eigenvalue weighted by Gasteiger charge is 2.28. The molecule has 0 saturated carbocycles. The van der Waals surface area contributed by atoms with Crippen molar-refractivity contribution in [3.8, 4) is 0 Å². The van der Waals surface area contributed by atoms with Crippen molar-refractivity contribution in [2.75, 3.05) is 38.5 Å². The van der Waals surface area contributed by atoms with Gasteiger partial charge in [0.25, 0.3) is 0 Å². The predicted molar refractivity (Wildman–Crippen MR) is 126 cm³/mol. The number of hydrogen-bond donors (Lipinski definition) is 1. The Hall–Kier alpha value is -2.29. The Bertz CT molecular complexity index is 1160. The topological polar surface area (TPSA) is 61.4 Å². The van der Waals surface area contributed by atoms with Gasteiger partial charge in [-0.25, -0.2) is 14.4 Å². The highest BCUT2D eigenvalue weighted by atomic mass is 35.5. The third kappa shape index (κ3) is 4.31. The highest BCUT2D eigenvalue weighted by molar-refractivity contribution is 7.19. The molecule has 1 aromatic carbocycles. The molecule has 1 unspecified atom stereocenters. The van der Waals surface area contributed by atoms with Gasteiger partial charge in [0.05, 0.1) is 10.4 Å². The van der Waals surface area contributed by atoms with Crippen molar-refractivity contribution in [1.82, 2.24) is 19.8 Å². The molecule has 1 saturated heterocycles. The molecule has 1 aliphatic carbocycles. The minimum atomic E-state index is -0.449. The van der Waals surface area contributed by atoms with Gasteiger partial charge >= 0.3 is 0 Å². The van der Waals surface area contributed by atoms with Crippen LogP contribution >= 0.6 is 22.9 Å². The van der Waals surface area contributed by atoms with E-state index in [-0.39, 0.29) is 10.9 Å². The van der Waals surface area contributed by atoms with Crippen LogP contribution in [0.1, 0.15) is 23.3 Å². The lowest BCUT2D eigenvalue weighted by molar-refractivity contribution is -0.133. The van der Waals surface area contributed by atoms with Crippen molar-refractivity contribution >= 4 is 50.6 Å². The number of anilines is 2. The average Bonchev–Trinajstić information content (AvgIpc) is 3.15. The molecule has 2 aliphatic rings. The summed E-state index contributed by atoms with van der Waals surface area (Å²) in [6, 6.07) is 4.55. The Labute approximate surface area is 195 Å². The molecule has 168 valence electrons.